The predicted octanol–water partition coefficient (Wildman–Crippen LogP) is 0.382. The third-order valence-corrected chi connectivity index (χ3v) is 2.57. The highest BCUT2D eigenvalue weighted by Crippen LogP contribution is 2.20. The molecule has 9 N–H and O–H groups in total. The Hall–Kier alpha value is -1.46. The first-order valence-corrected chi connectivity index (χ1v) is 5.34. The Bertz CT molecular complexity index is 335. The fourth-order valence-electron chi connectivity index (χ4n) is 1.63. The topological polar surface area (TPSA) is 124 Å². The number of benzene rings is 1. The molecule has 5 nitrogen and oxygen atoms in total. The van der Waals surface area contributed by atoms with Gasteiger partial charge in [-0.1, -0.05) is 0 Å². The maximum Gasteiger partial charge on any atom is 0.138 e. The summed E-state index contributed by atoms with van der Waals surface area (Å²) in [5.41, 5.74) is 22.6. The van der Waals surface area contributed by atoms with Crippen LogP contribution in [0.2, 0.25) is 0 Å². The standard InChI is InChI=1S/C6H8N2O.C5H12N2/c7-4-1-2-6(9)5(8)3-4;6-4-1-2-5(7)3-4/h1-3,9H,7-8H2;4-5H,1-3,6-7H2/t;4-,5+. The average molecular weight is 224 g/mol. The Balaban J connectivity index is 0.000000165. The fraction of sp³-hybridized carbons (Fsp3) is 0.455. The summed E-state index contributed by atoms with van der Waals surface area (Å²) in [5.74, 6) is 0.0733. The zero-order valence-corrected chi connectivity index (χ0v) is 9.26. The van der Waals surface area contributed by atoms with E-state index in [0.29, 0.717) is 23.5 Å². The lowest BCUT2D eigenvalue weighted by atomic mass is 10.2. The number of rotatable bonds is 0. The molecule has 0 heterocycles. The molecule has 0 radical (unpaired) electrons. The summed E-state index contributed by atoms with van der Waals surface area (Å²) in [6, 6.07) is 5.36. The number of hydrogen-bond acceptors (Lipinski definition) is 5. The summed E-state index contributed by atoms with van der Waals surface area (Å²) in [6.07, 6.45) is 3.28. The van der Waals surface area contributed by atoms with Crippen LogP contribution in [0.25, 0.3) is 0 Å². The lowest BCUT2D eigenvalue weighted by Gasteiger charge is -1.97. The lowest BCUT2D eigenvalue weighted by Crippen LogP contribution is -2.20. The summed E-state index contributed by atoms with van der Waals surface area (Å²) in [6.45, 7) is 0. The van der Waals surface area contributed by atoms with Crippen LogP contribution in [0.3, 0.4) is 0 Å². The van der Waals surface area contributed by atoms with Crippen LogP contribution >= 0.6 is 0 Å². The second kappa shape index (κ2) is 5.58. The molecule has 16 heavy (non-hydrogen) atoms. The van der Waals surface area contributed by atoms with E-state index in [1.54, 1.807) is 6.07 Å². The maximum absolute atomic E-state index is 8.86. The molecule has 1 fully saturated rings. The van der Waals surface area contributed by atoms with Crippen molar-refractivity contribution in [2.24, 2.45) is 11.5 Å². The van der Waals surface area contributed by atoms with Gasteiger partial charge in [0.15, 0.2) is 0 Å². The van der Waals surface area contributed by atoms with Gasteiger partial charge >= 0.3 is 0 Å². The zero-order chi connectivity index (χ0) is 12.1. The SMILES string of the molecule is N[C@@H]1CC[C@H](N)C1.Nc1ccc(O)c(N)c1. The summed E-state index contributed by atoms with van der Waals surface area (Å²) in [5, 5.41) is 8.86. The Morgan fingerprint density at radius 2 is 1.62 bits per heavy atom. The van der Waals surface area contributed by atoms with Gasteiger partial charge in [-0.2, -0.15) is 0 Å². The van der Waals surface area contributed by atoms with Crippen LogP contribution in [0.1, 0.15) is 19.3 Å². The van der Waals surface area contributed by atoms with E-state index in [-0.39, 0.29) is 5.75 Å². The number of nitrogen functional groups attached to an aromatic ring is 2. The molecule has 2 rings (SSSR count). The second-order valence-electron chi connectivity index (χ2n) is 4.15. The molecule has 0 bridgehead atoms. The van der Waals surface area contributed by atoms with Crippen LogP contribution < -0.4 is 22.9 Å². The minimum atomic E-state index is 0.0733. The molecule has 90 valence electrons. The van der Waals surface area contributed by atoms with Crippen LogP contribution in [0.5, 0.6) is 5.75 Å². The molecule has 1 aliphatic carbocycles. The summed E-state index contributed by atoms with van der Waals surface area (Å²) < 4.78 is 0. The normalized spacial score (nSPS) is 23.6. The second-order valence-corrected chi connectivity index (χ2v) is 4.15. The van der Waals surface area contributed by atoms with Gasteiger partial charge in [0.05, 0.1) is 5.69 Å². The molecule has 0 aliphatic heterocycles. The van der Waals surface area contributed by atoms with E-state index in [9.17, 15) is 0 Å². The van der Waals surface area contributed by atoms with Gasteiger partial charge in [0, 0.05) is 17.8 Å². The van der Waals surface area contributed by atoms with Crippen molar-refractivity contribution < 1.29 is 5.11 Å². The van der Waals surface area contributed by atoms with Crippen LogP contribution in [0.15, 0.2) is 18.2 Å². The van der Waals surface area contributed by atoms with Crippen molar-refractivity contribution in [2.45, 2.75) is 31.3 Å². The molecule has 1 aromatic carbocycles. The molecule has 5 heteroatoms. The summed E-state index contributed by atoms with van der Waals surface area (Å²) >= 11 is 0. The highest BCUT2D eigenvalue weighted by molar-refractivity contribution is 5.59. The molecule has 1 aromatic rings. The molecule has 0 aromatic heterocycles. The third-order valence-electron chi connectivity index (χ3n) is 2.57. The van der Waals surface area contributed by atoms with Gasteiger partial charge in [0.2, 0.25) is 0 Å². The average Bonchev–Trinajstić information content (AvgIpc) is 2.58. The minimum Gasteiger partial charge on any atom is -0.506 e. The number of hydrogen-bond donors (Lipinski definition) is 5. The van der Waals surface area contributed by atoms with Gasteiger partial charge < -0.3 is 28.0 Å². The quantitative estimate of drug-likeness (QED) is 0.247. The molecule has 1 aliphatic rings. The maximum atomic E-state index is 8.86. The van der Waals surface area contributed by atoms with Crippen molar-refractivity contribution in [3.8, 4) is 5.75 Å². The molecule has 2 atom stereocenters. The van der Waals surface area contributed by atoms with Crippen LogP contribution in [0, 0.1) is 0 Å². The predicted molar refractivity (Wildman–Crippen MR) is 66.7 cm³/mol. The Kier molecular flexibility index (Phi) is 4.39. The molecule has 0 unspecified atom stereocenters. The fourth-order valence-corrected chi connectivity index (χ4v) is 1.63. The van der Waals surface area contributed by atoms with Gasteiger partial charge in [-0.25, -0.2) is 0 Å². The highest BCUT2D eigenvalue weighted by Gasteiger charge is 2.16. The van der Waals surface area contributed by atoms with Gasteiger partial charge in [-0.15, -0.1) is 0 Å². The van der Waals surface area contributed by atoms with Crippen molar-refractivity contribution in [1.29, 1.82) is 0 Å². The van der Waals surface area contributed by atoms with E-state index in [1.807, 2.05) is 0 Å². The van der Waals surface area contributed by atoms with Crippen LogP contribution in [-0.2, 0) is 0 Å². The monoisotopic (exact) mass is 224 g/mol. The number of nitrogens with two attached hydrogens (primary N) is 4. The molecule has 0 amide bonds. The first-order valence-electron chi connectivity index (χ1n) is 5.34. The Morgan fingerprint density at radius 3 is 1.94 bits per heavy atom. The van der Waals surface area contributed by atoms with Gasteiger partial charge in [-0.3, -0.25) is 0 Å². The minimum absolute atomic E-state index is 0.0733. The smallest absolute Gasteiger partial charge is 0.138 e. The van der Waals surface area contributed by atoms with Crippen molar-refractivity contribution in [2.75, 3.05) is 11.5 Å². The summed E-state index contributed by atoms with van der Waals surface area (Å²) in [7, 11) is 0. The first kappa shape index (κ1) is 12.6. The third kappa shape index (κ3) is 3.96. The lowest BCUT2D eigenvalue weighted by molar-refractivity contribution is 0.478. The van der Waals surface area contributed by atoms with Gasteiger partial charge in [0.25, 0.3) is 0 Å². The molecular weight excluding hydrogens is 204 g/mol. The van der Waals surface area contributed by atoms with Crippen molar-refractivity contribution in [3.63, 3.8) is 0 Å². The van der Waals surface area contributed by atoms with Gasteiger partial charge in [-0.05, 0) is 37.5 Å². The number of anilines is 2. The van der Waals surface area contributed by atoms with Crippen LogP contribution in [-0.4, -0.2) is 17.2 Å². The molecule has 1 saturated carbocycles. The van der Waals surface area contributed by atoms with E-state index in [1.165, 1.54) is 12.1 Å². The Morgan fingerprint density at radius 1 is 1.06 bits per heavy atom. The van der Waals surface area contributed by atoms with Crippen molar-refractivity contribution in [1.82, 2.24) is 0 Å². The number of aromatic hydroxyl groups is 1. The van der Waals surface area contributed by atoms with E-state index in [2.05, 4.69) is 0 Å². The van der Waals surface area contributed by atoms with E-state index < -0.39 is 0 Å². The largest absolute Gasteiger partial charge is 0.506 e. The Labute approximate surface area is 95.4 Å². The van der Waals surface area contributed by atoms with Crippen molar-refractivity contribution >= 4 is 11.4 Å². The van der Waals surface area contributed by atoms with E-state index in [0.717, 1.165) is 19.3 Å². The number of phenols is 1. The molecule has 0 saturated heterocycles. The first-order chi connectivity index (χ1) is 7.49. The summed E-state index contributed by atoms with van der Waals surface area (Å²) in [4.78, 5) is 0. The van der Waals surface area contributed by atoms with E-state index in [4.69, 9.17) is 28.0 Å². The van der Waals surface area contributed by atoms with Gasteiger partial charge in [0.1, 0.15) is 5.75 Å². The number of phenolic OH excluding ortho intramolecular Hbond substituents is 1. The van der Waals surface area contributed by atoms with Crippen molar-refractivity contribution in [3.05, 3.63) is 18.2 Å². The van der Waals surface area contributed by atoms with E-state index >= 15 is 0 Å². The highest BCUT2D eigenvalue weighted by atomic mass is 16.3. The van der Waals surface area contributed by atoms with Crippen LogP contribution in [0.4, 0.5) is 11.4 Å². The molecular formula is C11H20N4O. The zero-order valence-electron chi connectivity index (χ0n) is 9.26. The molecule has 0 spiro atoms.